The number of nitrogens with one attached hydrogen (secondary N) is 1. The summed E-state index contributed by atoms with van der Waals surface area (Å²) >= 11 is 1.60. The van der Waals surface area contributed by atoms with Crippen LogP contribution < -0.4 is 4.72 Å². The maximum atomic E-state index is 11.4. The van der Waals surface area contributed by atoms with Crippen LogP contribution >= 0.6 is 23.7 Å². The quantitative estimate of drug-likeness (QED) is 0.649. The van der Waals surface area contributed by atoms with Crippen LogP contribution in [0.15, 0.2) is 17.5 Å². The standard InChI is InChI=1S/C4H4FNS2/c5-8-6-4-2-1-3-7-4/h1-3,6H. The maximum Gasteiger partial charge on any atom is 0.163 e. The van der Waals surface area contributed by atoms with Crippen molar-refractivity contribution in [3.8, 4) is 0 Å². The lowest BCUT2D eigenvalue weighted by atomic mass is 10.6. The van der Waals surface area contributed by atoms with Gasteiger partial charge in [-0.15, -0.1) is 15.2 Å². The SMILES string of the molecule is FSNc1cccs1. The van der Waals surface area contributed by atoms with Crippen LogP contribution in [0.1, 0.15) is 0 Å². The molecule has 0 aliphatic rings. The number of halogens is 1. The first kappa shape index (κ1) is 5.91. The normalized spacial score (nSPS) is 9.12. The highest BCUT2D eigenvalue weighted by molar-refractivity contribution is 7.95. The molecule has 1 N–H and O–H groups in total. The van der Waals surface area contributed by atoms with E-state index in [1.807, 2.05) is 17.5 Å². The van der Waals surface area contributed by atoms with Crippen LogP contribution in [0, 0.1) is 0 Å². The van der Waals surface area contributed by atoms with E-state index in [-0.39, 0.29) is 12.3 Å². The minimum absolute atomic E-state index is 0.120. The minimum Gasteiger partial charge on any atom is -0.294 e. The molecule has 0 atom stereocenters. The first-order valence-electron chi connectivity index (χ1n) is 2.00. The fraction of sp³-hybridized carbons (Fsp3) is 0. The summed E-state index contributed by atoms with van der Waals surface area (Å²) in [5, 5.41) is 2.73. The summed E-state index contributed by atoms with van der Waals surface area (Å²) in [5.41, 5.74) is 0. The number of anilines is 1. The fourth-order valence-electron chi connectivity index (χ4n) is 0.375. The highest BCUT2D eigenvalue weighted by Crippen LogP contribution is 2.18. The number of rotatable bonds is 2. The summed E-state index contributed by atoms with van der Waals surface area (Å²) in [6, 6.07) is 3.68. The van der Waals surface area contributed by atoms with Gasteiger partial charge in [-0.1, -0.05) is 0 Å². The molecule has 0 aromatic carbocycles. The first-order chi connectivity index (χ1) is 3.93. The lowest BCUT2D eigenvalue weighted by molar-refractivity contribution is 0.943. The number of hydrogen-bond donors (Lipinski definition) is 1. The van der Waals surface area contributed by atoms with Crippen LogP contribution in [0.5, 0.6) is 0 Å². The molecule has 0 radical (unpaired) electrons. The highest BCUT2D eigenvalue weighted by Gasteiger charge is 1.87. The zero-order valence-electron chi connectivity index (χ0n) is 3.93. The second-order valence-electron chi connectivity index (χ2n) is 1.16. The van der Waals surface area contributed by atoms with Crippen LogP contribution in [-0.2, 0) is 0 Å². The molecule has 0 amide bonds. The molecule has 0 fully saturated rings. The van der Waals surface area contributed by atoms with Gasteiger partial charge in [0.2, 0.25) is 0 Å². The Bertz CT molecular complexity index is 140. The molecule has 1 aromatic heterocycles. The molecule has 44 valence electrons. The Morgan fingerprint density at radius 2 is 2.62 bits per heavy atom. The zero-order chi connectivity index (χ0) is 5.82. The Labute approximate surface area is 55.3 Å². The van der Waals surface area contributed by atoms with Gasteiger partial charge in [-0.05, 0) is 17.5 Å². The van der Waals surface area contributed by atoms with Crippen molar-refractivity contribution >= 4 is 28.7 Å². The van der Waals surface area contributed by atoms with Crippen molar-refractivity contribution in [1.82, 2.24) is 0 Å². The Kier molecular flexibility index (Phi) is 2.17. The summed E-state index contributed by atoms with van der Waals surface area (Å²) < 4.78 is 13.8. The van der Waals surface area contributed by atoms with Gasteiger partial charge in [0.25, 0.3) is 0 Å². The molecule has 1 aromatic rings. The Morgan fingerprint density at radius 3 is 3.12 bits per heavy atom. The van der Waals surface area contributed by atoms with Crippen molar-refractivity contribution in [2.24, 2.45) is 0 Å². The summed E-state index contributed by atoms with van der Waals surface area (Å²) in [7, 11) is 0. The average molecular weight is 149 g/mol. The third kappa shape index (κ3) is 1.38. The molecule has 0 spiro atoms. The van der Waals surface area contributed by atoms with E-state index >= 15 is 0 Å². The third-order valence-electron chi connectivity index (χ3n) is 0.660. The summed E-state index contributed by atoms with van der Waals surface area (Å²) in [6.07, 6.45) is 0. The number of hydrogen-bond acceptors (Lipinski definition) is 3. The van der Waals surface area contributed by atoms with Crippen molar-refractivity contribution in [3.05, 3.63) is 17.5 Å². The van der Waals surface area contributed by atoms with Gasteiger partial charge >= 0.3 is 0 Å². The molecule has 1 nitrogen and oxygen atoms in total. The molecule has 0 bridgehead atoms. The Balaban J connectivity index is 2.50. The second-order valence-corrected chi connectivity index (χ2v) is 2.46. The summed E-state index contributed by atoms with van der Waals surface area (Å²) in [5.74, 6) is 0. The number of thiophene rings is 1. The van der Waals surface area contributed by atoms with E-state index in [1.54, 1.807) is 0 Å². The predicted molar refractivity (Wildman–Crippen MR) is 36.6 cm³/mol. The Hall–Kier alpha value is -0.220. The van der Waals surface area contributed by atoms with Gasteiger partial charge in [-0.25, -0.2) is 0 Å². The average Bonchev–Trinajstić information content (AvgIpc) is 2.19. The third-order valence-corrected chi connectivity index (χ3v) is 1.87. The van der Waals surface area contributed by atoms with E-state index in [0.717, 1.165) is 5.00 Å². The molecule has 8 heavy (non-hydrogen) atoms. The zero-order valence-corrected chi connectivity index (χ0v) is 5.56. The van der Waals surface area contributed by atoms with Crippen LogP contribution in [0.2, 0.25) is 0 Å². The van der Waals surface area contributed by atoms with Crippen molar-refractivity contribution in [2.45, 2.75) is 0 Å². The van der Waals surface area contributed by atoms with Gasteiger partial charge < -0.3 is 0 Å². The van der Waals surface area contributed by atoms with Gasteiger partial charge in [-0.3, -0.25) is 4.72 Å². The molecule has 0 aliphatic heterocycles. The molecule has 0 saturated heterocycles. The molecule has 0 aliphatic carbocycles. The van der Waals surface area contributed by atoms with Gasteiger partial charge in [-0.2, -0.15) is 0 Å². The molecule has 0 saturated carbocycles. The fourth-order valence-corrected chi connectivity index (χ4v) is 1.27. The lowest BCUT2D eigenvalue weighted by Crippen LogP contribution is -1.73. The molecular formula is C4H4FNS2. The van der Waals surface area contributed by atoms with Gasteiger partial charge in [0, 0.05) is 0 Å². The molecule has 4 heteroatoms. The van der Waals surface area contributed by atoms with Crippen molar-refractivity contribution < 1.29 is 3.89 Å². The lowest BCUT2D eigenvalue weighted by Gasteiger charge is -1.87. The summed E-state index contributed by atoms with van der Waals surface area (Å²) in [4.78, 5) is 0. The molecule has 1 rings (SSSR count). The van der Waals surface area contributed by atoms with E-state index in [4.69, 9.17) is 0 Å². The van der Waals surface area contributed by atoms with Crippen LogP contribution in [-0.4, -0.2) is 0 Å². The van der Waals surface area contributed by atoms with Gasteiger partial charge in [0.1, 0.15) is 5.00 Å². The largest absolute Gasteiger partial charge is 0.294 e. The van der Waals surface area contributed by atoms with E-state index in [9.17, 15) is 3.89 Å². The summed E-state index contributed by atoms with van der Waals surface area (Å²) in [6.45, 7) is 0. The van der Waals surface area contributed by atoms with Crippen molar-refractivity contribution in [2.75, 3.05) is 4.72 Å². The monoisotopic (exact) mass is 149 g/mol. The molecular weight excluding hydrogens is 145 g/mol. The molecule has 0 unspecified atom stereocenters. The Morgan fingerprint density at radius 1 is 1.75 bits per heavy atom. The van der Waals surface area contributed by atoms with Gasteiger partial charge in [0.05, 0.1) is 0 Å². The first-order valence-corrected chi connectivity index (χ1v) is 3.60. The maximum absolute atomic E-state index is 11.4. The molecule has 1 heterocycles. The van der Waals surface area contributed by atoms with E-state index in [1.165, 1.54) is 11.3 Å². The minimum atomic E-state index is 0.120. The van der Waals surface area contributed by atoms with Gasteiger partial charge in [0.15, 0.2) is 12.3 Å². The van der Waals surface area contributed by atoms with Crippen molar-refractivity contribution in [3.63, 3.8) is 0 Å². The highest BCUT2D eigenvalue weighted by atomic mass is 32.2. The van der Waals surface area contributed by atoms with Crippen molar-refractivity contribution in [1.29, 1.82) is 0 Å². The van der Waals surface area contributed by atoms with E-state index < -0.39 is 0 Å². The van der Waals surface area contributed by atoms with Crippen LogP contribution in [0.3, 0.4) is 0 Å². The van der Waals surface area contributed by atoms with Crippen LogP contribution in [0.25, 0.3) is 0 Å². The predicted octanol–water partition coefficient (Wildman–Crippen LogP) is 2.69. The van der Waals surface area contributed by atoms with E-state index in [2.05, 4.69) is 4.72 Å². The smallest absolute Gasteiger partial charge is 0.163 e. The van der Waals surface area contributed by atoms with E-state index in [0.29, 0.717) is 0 Å². The van der Waals surface area contributed by atoms with Crippen LogP contribution in [0.4, 0.5) is 8.89 Å². The topological polar surface area (TPSA) is 12.0 Å². The second kappa shape index (κ2) is 2.94.